The van der Waals surface area contributed by atoms with Gasteiger partial charge in [-0.1, -0.05) is 0 Å². The minimum atomic E-state index is -0.830. The zero-order valence-corrected chi connectivity index (χ0v) is 9.45. The highest BCUT2D eigenvalue weighted by molar-refractivity contribution is 5.78. The van der Waals surface area contributed by atoms with Crippen LogP contribution in [0.4, 0.5) is 0 Å². The summed E-state index contributed by atoms with van der Waals surface area (Å²) < 4.78 is 20.6. The van der Waals surface area contributed by atoms with Gasteiger partial charge in [-0.05, 0) is 13.8 Å². The van der Waals surface area contributed by atoms with E-state index in [1.54, 1.807) is 14.0 Å². The summed E-state index contributed by atoms with van der Waals surface area (Å²) in [5.41, 5.74) is -0.830. The van der Waals surface area contributed by atoms with Gasteiger partial charge in [0.05, 0.1) is 25.9 Å². The molecule has 1 heterocycles. The highest BCUT2D eigenvalue weighted by Gasteiger charge is 2.48. The first-order valence-corrected chi connectivity index (χ1v) is 5.03. The Morgan fingerprint density at radius 3 is 2.53 bits per heavy atom. The van der Waals surface area contributed by atoms with Gasteiger partial charge in [0.15, 0.2) is 0 Å². The smallest absolute Gasteiger partial charge is 0.319 e. The molecule has 5 nitrogen and oxygen atoms in total. The molecule has 88 valence electrons. The lowest BCUT2D eigenvalue weighted by atomic mass is 9.84. The van der Waals surface area contributed by atoms with Crippen molar-refractivity contribution in [1.82, 2.24) is 0 Å². The molecule has 0 bridgehead atoms. The Labute approximate surface area is 89.6 Å². The molecule has 5 heteroatoms. The molecule has 0 N–H and O–H groups in total. The molecule has 0 aromatic carbocycles. The van der Waals surface area contributed by atoms with Gasteiger partial charge in [0.25, 0.3) is 0 Å². The number of carbonyl (C=O) groups excluding carboxylic acids is 1. The molecule has 1 saturated heterocycles. The normalized spacial score (nSPS) is 22.1. The first kappa shape index (κ1) is 12.4. The molecule has 1 aliphatic heterocycles. The van der Waals surface area contributed by atoms with Crippen LogP contribution in [-0.4, -0.2) is 45.8 Å². The van der Waals surface area contributed by atoms with Crippen LogP contribution in [0.2, 0.25) is 0 Å². The SMILES string of the molecule is CCOC(=O)C1(C(C)OC)COCOC1. The van der Waals surface area contributed by atoms with Crippen LogP contribution in [0.15, 0.2) is 0 Å². The fourth-order valence-corrected chi connectivity index (χ4v) is 1.57. The lowest BCUT2D eigenvalue weighted by Gasteiger charge is -2.37. The highest BCUT2D eigenvalue weighted by Crippen LogP contribution is 2.30. The first-order chi connectivity index (χ1) is 7.17. The molecule has 1 rings (SSSR count). The van der Waals surface area contributed by atoms with Crippen LogP contribution in [0, 0.1) is 5.41 Å². The molecule has 1 aliphatic rings. The Kier molecular flexibility index (Phi) is 4.50. The van der Waals surface area contributed by atoms with Gasteiger partial charge < -0.3 is 18.9 Å². The topological polar surface area (TPSA) is 54.0 Å². The van der Waals surface area contributed by atoms with Crippen molar-refractivity contribution in [3.05, 3.63) is 0 Å². The van der Waals surface area contributed by atoms with Crippen molar-refractivity contribution in [3.63, 3.8) is 0 Å². The standard InChI is InChI=1S/C10H18O5/c1-4-15-9(11)10(8(2)12-3)5-13-7-14-6-10/h8H,4-7H2,1-3H3. The van der Waals surface area contributed by atoms with Crippen LogP contribution >= 0.6 is 0 Å². The summed E-state index contributed by atoms with van der Waals surface area (Å²) in [6.07, 6.45) is -0.295. The predicted octanol–water partition coefficient (Wildman–Crippen LogP) is 0.575. The summed E-state index contributed by atoms with van der Waals surface area (Å²) in [5.74, 6) is -0.320. The van der Waals surface area contributed by atoms with E-state index < -0.39 is 5.41 Å². The van der Waals surface area contributed by atoms with E-state index in [2.05, 4.69) is 0 Å². The van der Waals surface area contributed by atoms with Crippen molar-refractivity contribution < 1.29 is 23.7 Å². The van der Waals surface area contributed by atoms with Gasteiger partial charge in [-0.2, -0.15) is 0 Å². The number of rotatable bonds is 4. The molecule has 15 heavy (non-hydrogen) atoms. The van der Waals surface area contributed by atoms with E-state index >= 15 is 0 Å². The Morgan fingerprint density at radius 1 is 1.47 bits per heavy atom. The number of esters is 1. The van der Waals surface area contributed by atoms with Crippen molar-refractivity contribution in [3.8, 4) is 0 Å². The van der Waals surface area contributed by atoms with Gasteiger partial charge in [0, 0.05) is 7.11 Å². The summed E-state index contributed by atoms with van der Waals surface area (Å²) >= 11 is 0. The zero-order valence-electron chi connectivity index (χ0n) is 9.45. The van der Waals surface area contributed by atoms with Gasteiger partial charge in [-0.3, -0.25) is 4.79 Å². The van der Waals surface area contributed by atoms with Crippen molar-refractivity contribution in [2.24, 2.45) is 5.41 Å². The van der Waals surface area contributed by atoms with Gasteiger partial charge in [-0.25, -0.2) is 0 Å². The Bertz CT molecular complexity index is 210. The molecule has 1 fully saturated rings. The van der Waals surface area contributed by atoms with Gasteiger partial charge in [-0.15, -0.1) is 0 Å². The fourth-order valence-electron chi connectivity index (χ4n) is 1.57. The lowest BCUT2D eigenvalue weighted by molar-refractivity contribution is -0.215. The number of methoxy groups -OCH3 is 1. The van der Waals surface area contributed by atoms with E-state index in [1.807, 2.05) is 6.92 Å². The van der Waals surface area contributed by atoms with E-state index in [9.17, 15) is 4.79 Å². The van der Waals surface area contributed by atoms with Gasteiger partial charge in [0.2, 0.25) is 0 Å². The maximum atomic E-state index is 11.9. The second kappa shape index (κ2) is 5.44. The Hall–Kier alpha value is -0.650. The quantitative estimate of drug-likeness (QED) is 0.646. The largest absolute Gasteiger partial charge is 0.465 e. The van der Waals surface area contributed by atoms with E-state index in [0.717, 1.165) is 0 Å². The summed E-state index contributed by atoms with van der Waals surface area (Å²) in [7, 11) is 1.56. The van der Waals surface area contributed by atoms with E-state index in [0.29, 0.717) is 6.61 Å². The second-order valence-electron chi connectivity index (χ2n) is 3.57. The monoisotopic (exact) mass is 218 g/mol. The predicted molar refractivity (Wildman–Crippen MR) is 52.3 cm³/mol. The molecule has 0 aromatic rings. The maximum absolute atomic E-state index is 11.9. The van der Waals surface area contributed by atoms with Crippen LogP contribution in [0.1, 0.15) is 13.8 Å². The third-order valence-corrected chi connectivity index (χ3v) is 2.70. The van der Waals surface area contributed by atoms with Gasteiger partial charge in [0.1, 0.15) is 12.2 Å². The molecule has 0 aromatic heterocycles. The molecule has 0 amide bonds. The minimum absolute atomic E-state index is 0.220. The molecule has 0 saturated carbocycles. The molecular weight excluding hydrogens is 200 g/mol. The zero-order chi connectivity index (χ0) is 11.3. The average Bonchev–Trinajstić information content (AvgIpc) is 2.29. The molecular formula is C10H18O5. The third kappa shape index (κ3) is 2.48. The summed E-state index contributed by atoms with van der Waals surface area (Å²) in [6, 6.07) is 0. The molecule has 0 radical (unpaired) electrons. The minimum Gasteiger partial charge on any atom is -0.465 e. The summed E-state index contributed by atoms with van der Waals surface area (Å²) in [6.45, 7) is 4.71. The van der Waals surface area contributed by atoms with Crippen LogP contribution in [-0.2, 0) is 23.7 Å². The number of ether oxygens (including phenoxy) is 4. The van der Waals surface area contributed by atoms with Crippen LogP contribution in [0.25, 0.3) is 0 Å². The third-order valence-electron chi connectivity index (χ3n) is 2.70. The summed E-state index contributed by atoms with van der Waals surface area (Å²) in [5, 5.41) is 0. The van der Waals surface area contributed by atoms with Crippen molar-refractivity contribution in [1.29, 1.82) is 0 Å². The fraction of sp³-hybridized carbons (Fsp3) is 0.900. The molecule has 1 atom stereocenters. The van der Waals surface area contributed by atoms with Crippen LogP contribution < -0.4 is 0 Å². The van der Waals surface area contributed by atoms with Crippen LogP contribution in [0.3, 0.4) is 0 Å². The van der Waals surface area contributed by atoms with Crippen molar-refractivity contribution in [2.75, 3.05) is 33.7 Å². The molecule has 0 aliphatic carbocycles. The van der Waals surface area contributed by atoms with E-state index in [-0.39, 0.29) is 32.1 Å². The first-order valence-electron chi connectivity index (χ1n) is 5.03. The van der Waals surface area contributed by atoms with Crippen molar-refractivity contribution in [2.45, 2.75) is 20.0 Å². The molecule has 1 unspecified atom stereocenters. The Morgan fingerprint density at radius 2 is 2.07 bits per heavy atom. The number of hydrogen-bond donors (Lipinski definition) is 0. The summed E-state index contributed by atoms with van der Waals surface area (Å²) in [4.78, 5) is 11.9. The number of hydrogen-bond acceptors (Lipinski definition) is 5. The number of carbonyl (C=O) groups is 1. The van der Waals surface area contributed by atoms with E-state index in [4.69, 9.17) is 18.9 Å². The van der Waals surface area contributed by atoms with Crippen LogP contribution in [0.5, 0.6) is 0 Å². The lowest BCUT2D eigenvalue weighted by Crippen LogP contribution is -2.52. The van der Waals surface area contributed by atoms with Crippen molar-refractivity contribution >= 4 is 5.97 Å². The van der Waals surface area contributed by atoms with E-state index in [1.165, 1.54) is 0 Å². The second-order valence-corrected chi connectivity index (χ2v) is 3.57. The average molecular weight is 218 g/mol. The van der Waals surface area contributed by atoms with Gasteiger partial charge >= 0.3 is 5.97 Å². The molecule has 0 spiro atoms. The highest BCUT2D eigenvalue weighted by atomic mass is 16.7. The Balaban J connectivity index is 2.79. The maximum Gasteiger partial charge on any atom is 0.319 e.